The van der Waals surface area contributed by atoms with Gasteiger partial charge >= 0.3 is 0 Å². The minimum atomic E-state index is 0.659. The Morgan fingerprint density at radius 3 is 3.00 bits per heavy atom. The first-order valence-corrected chi connectivity index (χ1v) is 6.09. The maximum Gasteiger partial charge on any atom is 0.0564 e. The molecule has 0 radical (unpaired) electrons. The Bertz CT molecular complexity index is 351. The molecule has 1 fully saturated rings. The predicted octanol–water partition coefficient (Wildman–Crippen LogP) is 2.28. The molecule has 16 heavy (non-hydrogen) atoms. The highest BCUT2D eigenvalue weighted by atomic mass is 15.2. The van der Waals surface area contributed by atoms with E-state index in [0.29, 0.717) is 6.04 Å². The third-order valence-electron chi connectivity index (χ3n) is 3.48. The molecule has 2 N–H and O–H groups in total. The lowest BCUT2D eigenvalue weighted by Gasteiger charge is -2.36. The molecule has 88 valence electrons. The summed E-state index contributed by atoms with van der Waals surface area (Å²) in [5, 5.41) is 0. The van der Waals surface area contributed by atoms with Gasteiger partial charge in [-0.25, -0.2) is 0 Å². The van der Waals surface area contributed by atoms with E-state index in [9.17, 15) is 0 Å². The van der Waals surface area contributed by atoms with E-state index in [2.05, 4.69) is 23.7 Å². The van der Waals surface area contributed by atoms with Crippen LogP contribution in [0.3, 0.4) is 0 Å². The van der Waals surface area contributed by atoms with Gasteiger partial charge in [-0.15, -0.1) is 0 Å². The van der Waals surface area contributed by atoms with Gasteiger partial charge in [0.1, 0.15) is 0 Å². The zero-order chi connectivity index (χ0) is 11.5. The molecule has 3 heteroatoms. The lowest BCUT2D eigenvalue weighted by Crippen LogP contribution is -2.39. The Kier molecular flexibility index (Phi) is 3.44. The molecule has 1 saturated heterocycles. The van der Waals surface area contributed by atoms with Crippen molar-refractivity contribution in [3.05, 3.63) is 24.0 Å². The summed E-state index contributed by atoms with van der Waals surface area (Å²) in [5.74, 6) is 0.861. The van der Waals surface area contributed by atoms with Crippen LogP contribution in [-0.2, 0) is 6.54 Å². The average molecular weight is 219 g/mol. The maximum atomic E-state index is 5.76. The number of nitrogen functional groups attached to an aromatic ring is 1. The van der Waals surface area contributed by atoms with E-state index in [1.165, 1.54) is 19.4 Å². The number of nitrogens with zero attached hydrogens (tertiary/aromatic N) is 2. The van der Waals surface area contributed by atoms with Crippen molar-refractivity contribution >= 4 is 5.69 Å². The van der Waals surface area contributed by atoms with Crippen molar-refractivity contribution in [1.29, 1.82) is 0 Å². The third kappa shape index (κ3) is 2.73. The quantitative estimate of drug-likeness (QED) is 0.829. The maximum absolute atomic E-state index is 5.76. The van der Waals surface area contributed by atoms with Gasteiger partial charge in [-0.3, -0.25) is 9.88 Å². The molecule has 0 aliphatic carbocycles. The fraction of sp³-hybridized carbons (Fsp3) is 0.615. The molecule has 0 amide bonds. The molecule has 1 aliphatic heterocycles. The number of aromatic nitrogens is 1. The second kappa shape index (κ2) is 4.83. The highest BCUT2D eigenvalue weighted by molar-refractivity contribution is 5.37. The van der Waals surface area contributed by atoms with Crippen LogP contribution >= 0.6 is 0 Å². The molecule has 3 nitrogen and oxygen atoms in total. The summed E-state index contributed by atoms with van der Waals surface area (Å²) in [6.45, 7) is 6.76. The van der Waals surface area contributed by atoms with Gasteiger partial charge in [0, 0.05) is 24.5 Å². The molecular weight excluding hydrogens is 198 g/mol. The van der Waals surface area contributed by atoms with E-state index in [-0.39, 0.29) is 0 Å². The Hall–Kier alpha value is -1.09. The summed E-state index contributed by atoms with van der Waals surface area (Å²) in [5.41, 5.74) is 7.65. The van der Waals surface area contributed by atoms with E-state index >= 15 is 0 Å². The van der Waals surface area contributed by atoms with Crippen LogP contribution in [-0.4, -0.2) is 22.5 Å². The van der Waals surface area contributed by atoms with Crippen molar-refractivity contribution in [2.75, 3.05) is 12.3 Å². The molecule has 0 bridgehead atoms. The van der Waals surface area contributed by atoms with Crippen LogP contribution in [0.15, 0.2) is 18.3 Å². The molecule has 1 aromatic heterocycles. The largest absolute Gasteiger partial charge is 0.399 e. The Morgan fingerprint density at radius 1 is 1.50 bits per heavy atom. The van der Waals surface area contributed by atoms with Gasteiger partial charge in [0.2, 0.25) is 0 Å². The van der Waals surface area contributed by atoms with Crippen LogP contribution in [0.1, 0.15) is 32.4 Å². The molecule has 2 unspecified atom stereocenters. The zero-order valence-corrected chi connectivity index (χ0v) is 10.2. The number of nitrogens with two attached hydrogens (primary N) is 1. The lowest BCUT2D eigenvalue weighted by atomic mass is 9.93. The van der Waals surface area contributed by atoms with Gasteiger partial charge < -0.3 is 5.73 Å². The van der Waals surface area contributed by atoms with Crippen LogP contribution in [0.25, 0.3) is 0 Å². The second-order valence-electron chi connectivity index (χ2n) is 5.03. The van der Waals surface area contributed by atoms with Crippen LogP contribution in [0.2, 0.25) is 0 Å². The number of anilines is 1. The highest BCUT2D eigenvalue weighted by Crippen LogP contribution is 2.23. The molecule has 0 saturated carbocycles. The summed E-state index contributed by atoms with van der Waals surface area (Å²) < 4.78 is 0. The summed E-state index contributed by atoms with van der Waals surface area (Å²) in [6, 6.07) is 4.47. The van der Waals surface area contributed by atoms with Crippen molar-refractivity contribution in [2.24, 2.45) is 5.92 Å². The fourth-order valence-corrected chi connectivity index (χ4v) is 2.48. The molecule has 1 aromatic rings. The van der Waals surface area contributed by atoms with Crippen LogP contribution in [0, 0.1) is 5.92 Å². The van der Waals surface area contributed by atoms with Crippen molar-refractivity contribution in [1.82, 2.24) is 9.88 Å². The van der Waals surface area contributed by atoms with Gasteiger partial charge in [-0.05, 0) is 44.4 Å². The van der Waals surface area contributed by atoms with E-state index in [0.717, 1.165) is 23.8 Å². The van der Waals surface area contributed by atoms with E-state index in [4.69, 9.17) is 5.73 Å². The monoisotopic (exact) mass is 219 g/mol. The molecule has 0 spiro atoms. The molecular formula is C13H21N3. The fourth-order valence-electron chi connectivity index (χ4n) is 2.48. The van der Waals surface area contributed by atoms with Gasteiger partial charge in [-0.1, -0.05) is 6.92 Å². The highest BCUT2D eigenvalue weighted by Gasteiger charge is 2.22. The first-order valence-electron chi connectivity index (χ1n) is 6.09. The minimum absolute atomic E-state index is 0.659. The Morgan fingerprint density at radius 2 is 2.31 bits per heavy atom. The van der Waals surface area contributed by atoms with Crippen LogP contribution in [0.4, 0.5) is 5.69 Å². The van der Waals surface area contributed by atoms with E-state index < -0.39 is 0 Å². The summed E-state index contributed by atoms with van der Waals surface area (Å²) in [7, 11) is 0. The summed E-state index contributed by atoms with van der Waals surface area (Å²) in [6.07, 6.45) is 4.39. The number of piperidine rings is 1. The van der Waals surface area contributed by atoms with Gasteiger partial charge in [-0.2, -0.15) is 0 Å². The number of hydrogen-bond acceptors (Lipinski definition) is 3. The summed E-state index contributed by atoms with van der Waals surface area (Å²) in [4.78, 5) is 6.87. The molecule has 2 rings (SSSR count). The predicted molar refractivity (Wildman–Crippen MR) is 66.9 cm³/mol. The standard InChI is InChI=1S/C13H21N3/c1-10-4-6-16(11(2)7-10)9-13-8-12(14)3-5-15-13/h3,5,8,10-11H,4,6-7,9H2,1-2H3,(H2,14,15). The van der Waals surface area contributed by atoms with Gasteiger partial charge in [0.05, 0.1) is 5.69 Å². The topological polar surface area (TPSA) is 42.1 Å². The molecule has 2 atom stereocenters. The minimum Gasteiger partial charge on any atom is -0.399 e. The molecule has 0 aromatic carbocycles. The van der Waals surface area contributed by atoms with Crippen molar-refractivity contribution < 1.29 is 0 Å². The summed E-state index contributed by atoms with van der Waals surface area (Å²) >= 11 is 0. The lowest BCUT2D eigenvalue weighted by molar-refractivity contribution is 0.121. The molecule has 2 heterocycles. The molecule has 1 aliphatic rings. The van der Waals surface area contributed by atoms with Crippen LogP contribution < -0.4 is 5.73 Å². The number of rotatable bonds is 2. The smallest absolute Gasteiger partial charge is 0.0564 e. The SMILES string of the molecule is CC1CCN(Cc2cc(N)ccn2)C(C)C1. The van der Waals surface area contributed by atoms with Gasteiger partial charge in [0.25, 0.3) is 0 Å². The Labute approximate surface area is 97.7 Å². The number of hydrogen-bond donors (Lipinski definition) is 1. The van der Waals surface area contributed by atoms with Crippen molar-refractivity contribution in [2.45, 2.75) is 39.3 Å². The first-order chi connectivity index (χ1) is 7.65. The number of pyridine rings is 1. The second-order valence-corrected chi connectivity index (χ2v) is 5.03. The first kappa shape index (κ1) is 11.4. The zero-order valence-electron chi connectivity index (χ0n) is 10.2. The van der Waals surface area contributed by atoms with Crippen molar-refractivity contribution in [3.63, 3.8) is 0 Å². The van der Waals surface area contributed by atoms with E-state index in [1.54, 1.807) is 6.20 Å². The van der Waals surface area contributed by atoms with Gasteiger partial charge in [0.15, 0.2) is 0 Å². The van der Waals surface area contributed by atoms with Crippen LogP contribution in [0.5, 0.6) is 0 Å². The average Bonchev–Trinajstić information content (AvgIpc) is 2.22. The van der Waals surface area contributed by atoms with E-state index in [1.807, 2.05) is 12.1 Å². The number of likely N-dealkylation sites (tertiary alicyclic amines) is 1. The Balaban J connectivity index is 1.99. The third-order valence-corrected chi connectivity index (χ3v) is 3.48. The van der Waals surface area contributed by atoms with Crippen molar-refractivity contribution in [3.8, 4) is 0 Å². The normalized spacial score (nSPS) is 26.9.